The number of pyridine rings is 1. The van der Waals surface area contributed by atoms with E-state index >= 15 is 0 Å². The number of benzene rings is 1. The number of aromatic nitrogens is 1. The number of carbonyl (C=O) groups excluding carboxylic acids is 2. The van der Waals surface area contributed by atoms with Crippen LogP contribution in [-0.2, 0) is 9.53 Å². The van der Waals surface area contributed by atoms with Gasteiger partial charge in [-0.15, -0.1) is 0 Å². The van der Waals surface area contributed by atoms with Gasteiger partial charge in [-0.05, 0) is 31.5 Å². The van der Waals surface area contributed by atoms with E-state index in [1.54, 1.807) is 19.1 Å². The first kappa shape index (κ1) is 19.9. The molecule has 8 nitrogen and oxygen atoms in total. The van der Waals surface area contributed by atoms with Crippen LogP contribution in [0.25, 0.3) is 21.3 Å². The van der Waals surface area contributed by atoms with Crippen LogP contribution in [0.2, 0.25) is 0 Å². The molecule has 8 heteroatoms. The maximum Gasteiger partial charge on any atom is 0.302 e. The van der Waals surface area contributed by atoms with Crippen molar-refractivity contribution in [2.24, 2.45) is 5.11 Å². The first-order chi connectivity index (χ1) is 11.9. The molecule has 0 saturated heterocycles. The Morgan fingerprint density at radius 2 is 2.04 bits per heavy atom. The van der Waals surface area contributed by atoms with E-state index in [0.29, 0.717) is 17.9 Å². The van der Waals surface area contributed by atoms with Gasteiger partial charge in [-0.2, -0.15) is 0 Å². The lowest BCUT2D eigenvalue weighted by Gasteiger charge is -2.08. The lowest BCUT2D eigenvalue weighted by molar-refractivity contribution is -0.140. The Morgan fingerprint density at radius 1 is 1.32 bits per heavy atom. The van der Waals surface area contributed by atoms with Crippen molar-refractivity contribution in [2.45, 2.75) is 20.8 Å². The van der Waals surface area contributed by atoms with Crippen LogP contribution in [-0.4, -0.2) is 37.0 Å². The summed E-state index contributed by atoms with van der Waals surface area (Å²) >= 11 is 0. The molecule has 1 heterocycles. The highest BCUT2D eigenvalue weighted by Gasteiger charge is 2.13. The molecule has 0 radical (unpaired) electrons. The Kier molecular flexibility index (Phi) is 7.89. The second kappa shape index (κ2) is 9.89. The molecule has 2 rings (SSSR count). The molecule has 0 saturated carbocycles. The molecule has 0 N–H and O–H groups in total. The van der Waals surface area contributed by atoms with Gasteiger partial charge in [0, 0.05) is 29.0 Å². The number of Topliss-reactive ketones (excluding diaryl/α,β-unsaturated/α-hetero) is 1. The van der Waals surface area contributed by atoms with E-state index in [-0.39, 0.29) is 18.3 Å². The van der Waals surface area contributed by atoms with Crippen LogP contribution in [0, 0.1) is 6.92 Å². The van der Waals surface area contributed by atoms with Gasteiger partial charge in [-0.1, -0.05) is 11.2 Å². The van der Waals surface area contributed by atoms with Crippen LogP contribution in [0.4, 0.5) is 0 Å². The van der Waals surface area contributed by atoms with Gasteiger partial charge in [0.05, 0.1) is 31.3 Å². The molecular weight excluding hydrogens is 324 g/mol. The molecule has 1 aromatic carbocycles. The SMILES string of the molecule is CCOC(C)=O.COc1cc2nc(C)ccc2cc1C(=O)CN=[N+]=[N-]. The maximum atomic E-state index is 11.9. The molecule has 0 spiro atoms. The topological polar surface area (TPSA) is 114 Å². The number of methoxy groups -OCH3 is 1. The number of azide groups is 1. The van der Waals surface area contributed by atoms with Gasteiger partial charge in [0.1, 0.15) is 5.75 Å². The summed E-state index contributed by atoms with van der Waals surface area (Å²) in [6.45, 7) is 5.32. The van der Waals surface area contributed by atoms with Crippen LogP contribution >= 0.6 is 0 Å². The third-order valence-corrected chi connectivity index (χ3v) is 3.08. The van der Waals surface area contributed by atoms with Gasteiger partial charge in [0.15, 0.2) is 5.78 Å². The predicted octanol–water partition coefficient (Wildman–Crippen LogP) is 3.61. The Bertz CT molecular complexity index is 814. The molecule has 0 bridgehead atoms. The van der Waals surface area contributed by atoms with Crippen molar-refractivity contribution < 1.29 is 19.1 Å². The minimum absolute atomic E-state index is 0.211. The largest absolute Gasteiger partial charge is 0.496 e. The molecule has 0 aliphatic heterocycles. The smallest absolute Gasteiger partial charge is 0.302 e. The Hall–Kier alpha value is -3.12. The number of aryl methyl sites for hydroxylation is 1. The zero-order valence-corrected chi connectivity index (χ0v) is 14.6. The fraction of sp³-hybridized carbons (Fsp3) is 0.353. The van der Waals surface area contributed by atoms with Crippen molar-refractivity contribution in [3.63, 3.8) is 0 Å². The van der Waals surface area contributed by atoms with E-state index in [4.69, 9.17) is 10.3 Å². The average molecular weight is 344 g/mol. The van der Waals surface area contributed by atoms with E-state index in [9.17, 15) is 9.59 Å². The second-order valence-corrected chi connectivity index (χ2v) is 4.93. The van der Waals surface area contributed by atoms with Gasteiger partial charge in [-0.25, -0.2) is 0 Å². The fourth-order valence-electron chi connectivity index (χ4n) is 2.02. The van der Waals surface area contributed by atoms with Gasteiger partial charge in [0.25, 0.3) is 0 Å². The molecule has 0 aliphatic rings. The normalized spacial score (nSPS) is 9.44. The van der Waals surface area contributed by atoms with Gasteiger partial charge in [0.2, 0.25) is 0 Å². The highest BCUT2D eigenvalue weighted by molar-refractivity contribution is 6.03. The van der Waals surface area contributed by atoms with Crippen molar-refractivity contribution in [1.82, 2.24) is 4.98 Å². The summed E-state index contributed by atoms with van der Waals surface area (Å²) in [4.78, 5) is 28.7. The van der Waals surface area contributed by atoms with Crippen molar-refractivity contribution in [3.05, 3.63) is 46.0 Å². The lowest BCUT2D eigenvalue weighted by atomic mass is 10.1. The summed E-state index contributed by atoms with van der Waals surface area (Å²) in [5.74, 6) is -0.0571. The first-order valence-electron chi connectivity index (χ1n) is 7.55. The van der Waals surface area contributed by atoms with E-state index in [1.165, 1.54) is 14.0 Å². The third kappa shape index (κ3) is 6.12. The number of rotatable bonds is 5. The second-order valence-electron chi connectivity index (χ2n) is 4.93. The molecule has 0 fully saturated rings. The van der Waals surface area contributed by atoms with Crippen molar-refractivity contribution in [2.75, 3.05) is 20.3 Å². The molecule has 0 aliphatic carbocycles. The predicted molar refractivity (Wildman–Crippen MR) is 93.7 cm³/mol. The van der Waals surface area contributed by atoms with Gasteiger partial charge in [-0.3, -0.25) is 14.6 Å². The first-order valence-corrected chi connectivity index (χ1v) is 7.55. The molecule has 0 unspecified atom stereocenters. The standard InChI is InChI=1S/C13H12N4O2.C4H8O2/c1-8-3-4-9-5-10(12(18)7-15-17-14)13(19-2)6-11(9)16-8;1-3-6-4(2)5/h3-6H,7H2,1-2H3;3H2,1-2H3. The van der Waals surface area contributed by atoms with E-state index in [2.05, 4.69) is 19.7 Å². The Morgan fingerprint density at radius 3 is 2.56 bits per heavy atom. The van der Waals surface area contributed by atoms with Crippen LogP contribution in [0.5, 0.6) is 5.75 Å². The number of esters is 1. The number of hydrogen-bond acceptors (Lipinski definition) is 6. The highest BCUT2D eigenvalue weighted by Crippen LogP contribution is 2.25. The highest BCUT2D eigenvalue weighted by atomic mass is 16.5. The molecule has 0 atom stereocenters. The number of ketones is 1. The summed E-state index contributed by atoms with van der Waals surface area (Å²) in [7, 11) is 1.49. The lowest BCUT2D eigenvalue weighted by Crippen LogP contribution is -2.05. The summed E-state index contributed by atoms with van der Waals surface area (Å²) in [5, 5.41) is 4.12. The van der Waals surface area contributed by atoms with E-state index in [1.807, 2.05) is 19.1 Å². The molecule has 25 heavy (non-hydrogen) atoms. The molecule has 2 aromatic rings. The minimum atomic E-state index is -0.280. The van der Waals surface area contributed by atoms with E-state index < -0.39 is 0 Å². The summed E-state index contributed by atoms with van der Waals surface area (Å²) in [5.41, 5.74) is 10.3. The summed E-state index contributed by atoms with van der Waals surface area (Å²) < 4.78 is 9.60. The van der Waals surface area contributed by atoms with Crippen molar-refractivity contribution in [1.29, 1.82) is 0 Å². The summed E-state index contributed by atoms with van der Waals surface area (Å²) in [6, 6.07) is 7.18. The van der Waals surface area contributed by atoms with Crippen molar-refractivity contribution in [3.8, 4) is 5.75 Å². The van der Waals surface area contributed by atoms with Crippen LogP contribution in [0.3, 0.4) is 0 Å². The summed E-state index contributed by atoms with van der Waals surface area (Å²) in [6.07, 6.45) is 0. The van der Waals surface area contributed by atoms with Crippen molar-refractivity contribution >= 4 is 22.7 Å². The number of nitrogens with zero attached hydrogens (tertiary/aromatic N) is 4. The zero-order chi connectivity index (χ0) is 18.8. The number of hydrogen-bond donors (Lipinski definition) is 0. The molecule has 0 amide bonds. The number of carbonyl (C=O) groups is 2. The van der Waals surface area contributed by atoms with Crippen LogP contribution in [0.15, 0.2) is 29.4 Å². The maximum absolute atomic E-state index is 11.9. The Labute approximate surface area is 145 Å². The zero-order valence-electron chi connectivity index (χ0n) is 14.6. The van der Waals surface area contributed by atoms with Crippen LogP contribution in [0.1, 0.15) is 29.9 Å². The van der Waals surface area contributed by atoms with E-state index in [0.717, 1.165) is 16.6 Å². The Balaban J connectivity index is 0.000000450. The average Bonchev–Trinajstić information content (AvgIpc) is 2.58. The van der Waals surface area contributed by atoms with Crippen LogP contribution < -0.4 is 4.74 Å². The fourth-order valence-corrected chi connectivity index (χ4v) is 2.02. The number of fused-ring (bicyclic) bond motifs is 1. The molecule has 132 valence electrons. The molecule has 1 aromatic heterocycles. The quantitative estimate of drug-likeness (QED) is 0.270. The monoisotopic (exact) mass is 344 g/mol. The number of ether oxygens (including phenoxy) is 2. The van der Waals surface area contributed by atoms with Gasteiger partial charge >= 0.3 is 5.97 Å². The minimum Gasteiger partial charge on any atom is -0.496 e. The van der Waals surface area contributed by atoms with Gasteiger partial charge < -0.3 is 9.47 Å². The molecular formula is C17H20N4O4. The third-order valence-electron chi connectivity index (χ3n) is 3.08.